The van der Waals surface area contributed by atoms with Crippen LogP contribution in [0, 0.1) is 6.92 Å². The Kier molecular flexibility index (Phi) is 13.3. The molecule has 0 saturated carbocycles. The first-order chi connectivity index (χ1) is 23.5. The summed E-state index contributed by atoms with van der Waals surface area (Å²) >= 11 is 5.28. The number of aliphatic hydroxyl groups excluding tert-OH is 1. The zero-order valence-electron chi connectivity index (χ0n) is 28.2. The van der Waals surface area contributed by atoms with Gasteiger partial charge in [0.05, 0.1) is 36.2 Å². The van der Waals surface area contributed by atoms with Gasteiger partial charge in [0.25, 0.3) is 0 Å². The van der Waals surface area contributed by atoms with E-state index in [4.69, 9.17) is 26.1 Å². The quantitative estimate of drug-likeness (QED) is 0.0603. The van der Waals surface area contributed by atoms with Crippen LogP contribution in [0.15, 0.2) is 69.9 Å². The number of unbranched alkanes of at least 4 members (excludes halogenated alkanes) is 2. The molecule has 0 fully saturated rings. The second-order valence-electron chi connectivity index (χ2n) is 11.8. The Morgan fingerprint density at radius 1 is 1.14 bits per heavy atom. The molecule has 1 heterocycles. The molecule has 49 heavy (non-hydrogen) atoms. The summed E-state index contributed by atoms with van der Waals surface area (Å²) in [5, 5.41) is 22.5. The van der Waals surface area contributed by atoms with E-state index in [2.05, 4.69) is 4.74 Å². The van der Waals surface area contributed by atoms with E-state index in [0.29, 0.717) is 46.8 Å². The van der Waals surface area contributed by atoms with Crippen molar-refractivity contribution in [3.05, 3.63) is 109 Å². The summed E-state index contributed by atoms with van der Waals surface area (Å²) < 4.78 is 21.9. The number of carbonyl (C=O) groups is 2. The molecule has 0 saturated heterocycles. The predicted molar refractivity (Wildman–Crippen MR) is 192 cm³/mol. The summed E-state index contributed by atoms with van der Waals surface area (Å²) in [6, 6.07) is 10.6. The number of rotatable bonds is 15. The standard InChI is InChI=1S/C39H42O9S/c1-5-13-29-32(20-19-28(25(3)40)36(29)42)46-21-11-9-7-6-8-10-16-31(35(41)26-15-12-14-24(2)22-26)34-37(43)30-18-17-27(49)23-33(30)47-38(34)48-39(44)45-4/h6,8,10,12,14-16,18-20,22-23,31,35,41-42H,5,7,9,11,13,17,21H2,1-4H3/b8-6-,16-10+/t31-,35-/m0/s1. The number of carbonyl (C=O) groups excluding carboxylic acids is 2. The first-order valence-corrected chi connectivity index (χ1v) is 16.7. The fraction of sp³-hybridized carbons (Fsp3) is 0.333. The number of benzene rings is 2. The molecule has 9 nitrogen and oxygen atoms in total. The number of ether oxygens (including phenoxy) is 3. The Hall–Kier alpha value is -4.80. The number of ketones is 1. The Balaban J connectivity index is 1.52. The normalized spacial score (nSPS) is 13.8. The lowest BCUT2D eigenvalue weighted by atomic mass is 9.88. The highest BCUT2D eigenvalue weighted by atomic mass is 32.1. The summed E-state index contributed by atoms with van der Waals surface area (Å²) in [4.78, 5) is 38.5. The van der Waals surface area contributed by atoms with Crippen molar-refractivity contribution >= 4 is 41.2 Å². The number of aliphatic hydroxyl groups is 1. The highest BCUT2D eigenvalue weighted by Gasteiger charge is 2.30. The van der Waals surface area contributed by atoms with Gasteiger partial charge in [0, 0.05) is 22.8 Å². The van der Waals surface area contributed by atoms with Gasteiger partial charge in [-0.3, -0.25) is 9.59 Å². The first kappa shape index (κ1) is 37.0. The highest BCUT2D eigenvalue weighted by Crippen LogP contribution is 2.36. The Labute approximate surface area is 290 Å². The lowest BCUT2D eigenvalue weighted by Crippen LogP contribution is -2.44. The molecular formula is C39H42O9S. The molecule has 2 N–H and O–H groups in total. The number of aryl methyl sites for hydroxylation is 1. The van der Waals surface area contributed by atoms with E-state index in [1.807, 2.05) is 44.2 Å². The molecule has 0 radical (unpaired) electrons. The van der Waals surface area contributed by atoms with Gasteiger partial charge >= 0.3 is 12.1 Å². The van der Waals surface area contributed by atoms with Gasteiger partial charge in [-0.1, -0.05) is 85.8 Å². The number of thiocarbonyl (C=S) groups is 1. The van der Waals surface area contributed by atoms with Crippen LogP contribution in [0.3, 0.4) is 0 Å². The van der Waals surface area contributed by atoms with Crippen LogP contribution in [-0.2, 0) is 11.2 Å². The van der Waals surface area contributed by atoms with Gasteiger partial charge in [0.15, 0.2) is 11.2 Å². The number of aromatic hydroxyl groups is 1. The van der Waals surface area contributed by atoms with Gasteiger partial charge < -0.3 is 28.8 Å². The number of phenols is 1. The minimum Gasteiger partial charge on any atom is -0.507 e. The van der Waals surface area contributed by atoms with Crippen molar-refractivity contribution in [1.82, 2.24) is 0 Å². The van der Waals surface area contributed by atoms with Crippen molar-refractivity contribution in [2.75, 3.05) is 13.7 Å². The van der Waals surface area contributed by atoms with E-state index in [9.17, 15) is 24.6 Å². The number of phenolic OH excluding ortho intramolecular Hbond substituents is 1. The van der Waals surface area contributed by atoms with Gasteiger partial charge in [0.1, 0.15) is 16.9 Å². The van der Waals surface area contributed by atoms with E-state index in [1.54, 1.807) is 42.5 Å². The van der Waals surface area contributed by atoms with E-state index in [1.165, 1.54) is 6.92 Å². The number of fused-ring (bicyclic) bond motifs is 1. The number of hydrogen-bond acceptors (Lipinski definition) is 10. The molecule has 1 aliphatic rings. The number of allylic oxidation sites excluding steroid dienone is 3. The minimum atomic E-state index is -1.18. The maximum absolute atomic E-state index is 13.9. The fourth-order valence-electron chi connectivity index (χ4n) is 5.60. The molecule has 0 spiro atoms. The topological polar surface area (TPSA) is 132 Å². The minimum absolute atomic E-state index is 0.00917. The molecule has 1 aromatic heterocycles. The maximum Gasteiger partial charge on any atom is 0.516 e. The van der Waals surface area contributed by atoms with Gasteiger partial charge in [0.2, 0.25) is 0 Å². The third kappa shape index (κ3) is 9.43. The zero-order chi connectivity index (χ0) is 35.5. The third-order valence-electron chi connectivity index (χ3n) is 8.08. The van der Waals surface area contributed by atoms with Crippen molar-refractivity contribution in [2.45, 2.75) is 71.3 Å². The molecule has 1 aliphatic carbocycles. The van der Waals surface area contributed by atoms with Crippen LogP contribution in [0.25, 0.3) is 12.2 Å². The number of methoxy groups -OCH3 is 1. The van der Waals surface area contributed by atoms with E-state index in [0.717, 1.165) is 38.4 Å². The van der Waals surface area contributed by atoms with Crippen molar-refractivity contribution in [3.8, 4) is 17.4 Å². The summed E-state index contributed by atoms with van der Waals surface area (Å²) in [6.45, 7) is 5.77. The summed E-state index contributed by atoms with van der Waals surface area (Å²) in [6.07, 6.45) is 12.3. The fourth-order valence-corrected chi connectivity index (χ4v) is 5.79. The van der Waals surface area contributed by atoms with Crippen molar-refractivity contribution in [1.29, 1.82) is 0 Å². The molecule has 258 valence electrons. The van der Waals surface area contributed by atoms with E-state index < -0.39 is 23.6 Å². The molecule has 2 aromatic carbocycles. The van der Waals surface area contributed by atoms with Gasteiger partial charge in [-0.15, -0.1) is 0 Å². The van der Waals surface area contributed by atoms with Gasteiger partial charge in [-0.2, -0.15) is 0 Å². The molecule has 0 amide bonds. The Morgan fingerprint density at radius 3 is 2.65 bits per heavy atom. The molecular weight excluding hydrogens is 644 g/mol. The molecule has 0 unspecified atom stereocenters. The lowest BCUT2D eigenvalue weighted by molar-refractivity contribution is 0.101. The van der Waals surface area contributed by atoms with Crippen LogP contribution in [0.1, 0.15) is 90.6 Å². The highest BCUT2D eigenvalue weighted by molar-refractivity contribution is 7.81. The van der Waals surface area contributed by atoms with Gasteiger partial charge in [-0.05, 0) is 63.3 Å². The molecule has 0 bridgehead atoms. The second kappa shape index (κ2) is 17.6. The average molecular weight is 687 g/mol. The van der Waals surface area contributed by atoms with Gasteiger partial charge in [-0.25, -0.2) is 4.79 Å². The lowest BCUT2D eigenvalue weighted by Gasteiger charge is -2.22. The Bertz CT molecular complexity index is 1940. The third-order valence-corrected chi connectivity index (χ3v) is 8.37. The summed E-state index contributed by atoms with van der Waals surface area (Å²) in [5.41, 5.74) is 2.14. The van der Waals surface area contributed by atoms with Crippen molar-refractivity contribution in [2.24, 2.45) is 0 Å². The smallest absolute Gasteiger partial charge is 0.507 e. The molecule has 10 heteroatoms. The first-order valence-electron chi connectivity index (χ1n) is 16.3. The molecule has 4 rings (SSSR count). The largest absolute Gasteiger partial charge is 0.516 e. The SMILES string of the molecule is CCCc1c(OCCCC/C=C\C=C\[C@@H](c2c(OC(=O)OC)oc3c(c2=O)=CCC(=S)C=3)[C@@H](O)c2cccc(C)c2)ccc(C(C)=O)c1O. The van der Waals surface area contributed by atoms with Crippen LogP contribution in [0.5, 0.6) is 17.4 Å². The Morgan fingerprint density at radius 2 is 1.94 bits per heavy atom. The molecule has 3 aromatic rings. The van der Waals surface area contributed by atoms with Crippen molar-refractivity contribution < 1.29 is 38.4 Å². The van der Waals surface area contributed by atoms with Crippen LogP contribution in [0.2, 0.25) is 0 Å². The molecule has 2 atom stereocenters. The maximum atomic E-state index is 13.9. The summed E-state index contributed by atoms with van der Waals surface area (Å²) in [5.74, 6) is -0.943. The van der Waals surface area contributed by atoms with Crippen LogP contribution < -0.4 is 25.5 Å². The zero-order valence-corrected chi connectivity index (χ0v) is 29.0. The average Bonchev–Trinajstić information content (AvgIpc) is 3.07. The van der Waals surface area contributed by atoms with Crippen molar-refractivity contribution in [3.63, 3.8) is 0 Å². The number of Topliss-reactive ketones (excluding diaryl/α,β-unsaturated/α-hetero) is 1. The van der Waals surface area contributed by atoms with E-state index >= 15 is 0 Å². The van der Waals surface area contributed by atoms with Crippen LogP contribution in [0.4, 0.5) is 4.79 Å². The van der Waals surface area contributed by atoms with E-state index in [-0.39, 0.29) is 33.7 Å². The van der Waals surface area contributed by atoms with Crippen LogP contribution in [-0.4, -0.2) is 40.7 Å². The number of hydrogen-bond donors (Lipinski definition) is 2. The van der Waals surface area contributed by atoms with Crippen LogP contribution >= 0.6 is 12.2 Å². The summed E-state index contributed by atoms with van der Waals surface area (Å²) in [7, 11) is 1.14. The molecule has 0 aliphatic heterocycles. The monoisotopic (exact) mass is 686 g/mol. The second-order valence-corrected chi connectivity index (χ2v) is 12.3. The predicted octanol–water partition coefficient (Wildman–Crippen LogP) is 6.47.